The lowest BCUT2D eigenvalue weighted by Gasteiger charge is -2.31. The highest BCUT2D eigenvalue weighted by atomic mass is 16.5. The Morgan fingerprint density at radius 3 is 3.00 bits per heavy atom. The molecule has 1 aromatic heterocycles. The number of nitrogens with zero attached hydrogens (tertiary/aromatic N) is 3. The van der Waals surface area contributed by atoms with E-state index in [1.54, 1.807) is 0 Å². The SMILES string of the molecule is CCN1CCOC(c2ncc(C(C)NC)c(C)n2)C1. The summed E-state index contributed by atoms with van der Waals surface area (Å²) in [6.45, 7) is 10.0. The zero-order valence-electron chi connectivity index (χ0n) is 12.3. The highest BCUT2D eigenvalue weighted by molar-refractivity contribution is 5.20. The third-order valence-corrected chi connectivity index (χ3v) is 3.82. The molecule has 0 aromatic carbocycles. The van der Waals surface area contributed by atoms with Crippen LogP contribution in [0.5, 0.6) is 0 Å². The van der Waals surface area contributed by atoms with Crippen LogP contribution in [-0.2, 0) is 4.74 Å². The molecule has 0 radical (unpaired) electrons. The van der Waals surface area contributed by atoms with E-state index in [4.69, 9.17) is 4.74 Å². The summed E-state index contributed by atoms with van der Waals surface area (Å²) in [5.41, 5.74) is 2.18. The second kappa shape index (κ2) is 6.41. The van der Waals surface area contributed by atoms with Gasteiger partial charge in [-0.1, -0.05) is 6.92 Å². The zero-order valence-corrected chi connectivity index (χ0v) is 12.3. The molecular formula is C14H24N4O. The number of ether oxygens (including phenoxy) is 1. The first-order valence-corrected chi connectivity index (χ1v) is 7.00. The van der Waals surface area contributed by atoms with Crippen LogP contribution in [0.3, 0.4) is 0 Å². The molecule has 106 valence electrons. The van der Waals surface area contributed by atoms with Crippen molar-refractivity contribution in [3.63, 3.8) is 0 Å². The van der Waals surface area contributed by atoms with E-state index in [-0.39, 0.29) is 12.1 Å². The van der Waals surface area contributed by atoms with Gasteiger partial charge in [0.1, 0.15) is 6.10 Å². The standard InChI is InChI=1S/C14H24N4O/c1-5-18-6-7-19-13(9-18)14-16-8-12(10(2)15-4)11(3)17-14/h8,10,13,15H,5-7,9H2,1-4H3. The smallest absolute Gasteiger partial charge is 0.158 e. The molecule has 2 unspecified atom stereocenters. The van der Waals surface area contributed by atoms with Gasteiger partial charge in [0.25, 0.3) is 0 Å². The Labute approximate surface area is 115 Å². The van der Waals surface area contributed by atoms with Crippen molar-refractivity contribution in [1.82, 2.24) is 20.2 Å². The quantitative estimate of drug-likeness (QED) is 0.892. The molecule has 1 fully saturated rings. The van der Waals surface area contributed by atoms with Gasteiger partial charge in [0.15, 0.2) is 5.82 Å². The van der Waals surface area contributed by atoms with Crippen LogP contribution < -0.4 is 5.32 Å². The third-order valence-electron chi connectivity index (χ3n) is 3.82. The Kier molecular flexibility index (Phi) is 4.85. The van der Waals surface area contributed by atoms with Crippen LogP contribution in [0, 0.1) is 6.92 Å². The molecule has 2 rings (SSSR count). The predicted molar refractivity (Wildman–Crippen MR) is 75.1 cm³/mol. The number of aromatic nitrogens is 2. The summed E-state index contributed by atoms with van der Waals surface area (Å²) in [7, 11) is 1.95. The number of aryl methyl sites for hydroxylation is 1. The van der Waals surface area contributed by atoms with Crippen LogP contribution in [0.25, 0.3) is 0 Å². The molecule has 0 spiro atoms. The second-order valence-electron chi connectivity index (χ2n) is 5.03. The average molecular weight is 264 g/mol. The largest absolute Gasteiger partial charge is 0.368 e. The normalized spacial score (nSPS) is 22.4. The molecule has 2 heterocycles. The van der Waals surface area contributed by atoms with E-state index in [9.17, 15) is 0 Å². The van der Waals surface area contributed by atoms with Gasteiger partial charge in [-0.2, -0.15) is 0 Å². The van der Waals surface area contributed by atoms with Crippen molar-refractivity contribution >= 4 is 0 Å². The Morgan fingerprint density at radius 2 is 2.37 bits per heavy atom. The molecule has 0 saturated carbocycles. The summed E-state index contributed by atoms with van der Waals surface area (Å²) in [5.74, 6) is 0.808. The Balaban J connectivity index is 2.15. The van der Waals surface area contributed by atoms with Gasteiger partial charge in [-0.15, -0.1) is 0 Å². The van der Waals surface area contributed by atoms with E-state index in [0.29, 0.717) is 0 Å². The van der Waals surface area contributed by atoms with Crippen molar-refractivity contribution in [3.05, 3.63) is 23.3 Å². The minimum Gasteiger partial charge on any atom is -0.368 e. The average Bonchev–Trinajstić information content (AvgIpc) is 2.46. The van der Waals surface area contributed by atoms with Crippen molar-refractivity contribution in [1.29, 1.82) is 0 Å². The van der Waals surface area contributed by atoms with E-state index in [1.807, 2.05) is 20.2 Å². The zero-order chi connectivity index (χ0) is 13.8. The first kappa shape index (κ1) is 14.4. The lowest BCUT2D eigenvalue weighted by atomic mass is 10.1. The minimum atomic E-state index is 0.00587. The topological polar surface area (TPSA) is 50.3 Å². The summed E-state index contributed by atoms with van der Waals surface area (Å²) in [4.78, 5) is 11.5. The molecule has 0 bridgehead atoms. The molecule has 1 aromatic rings. The first-order chi connectivity index (χ1) is 9.15. The van der Waals surface area contributed by atoms with E-state index in [2.05, 4.69) is 34.0 Å². The molecule has 1 N–H and O–H groups in total. The molecule has 0 amide bonds. The number of hydrogen-bond donors (Lipinski definition) is 1. The van der Waals surface area contributed by atoms with E-state index in [1.165, 1.54) is 0 Å². The van der Waals surface area contributed by atoms with Crippen LogP contribution in [-0.4, -0.2) is 48.2 Å². The number of hydrogen-bond acceptors (Lipinski definition) is 5. The van der Waals surface area contributed by atoms with Crippen LogP contribution in [0.2, 0.25) is 0 Å². The highest BCUT2D eigenvalue weighted by Gasteiger charge is 2.24. The number of nitrogens with one attached hydrogen (secondary N) is 1. The molecule has 1 aliphatic rings. The van der Waals surface area contributed by atoms with Gasteiger partial charge in [-0.05, 0) is 27.4 Å². The molecule has 0 aliphatic carbocycles. The van der Waals surface area contributed by atoms with Gasteiger partial charge >= 0.3 is 0 Å². The molecule has 5 heteroatoms. The van der Waals surface area contributed by atoms with E-state index in [0.717, 1.165) is 43.3 Å². The molecule has 2 atom stereocenters. The molecular weight excluding hydrogens is 240 g/mol. The molecule has 19 heavy (non-hydrogen) atoms. The van der Waals surface area contributed by atoms with Gasteiger partial charge in [0, 0.05) is 36.6 Å². The monoisotopic (exact) mass is 264 g/mol. The van der Waals surface area contributed by atoms with Gasteiger partial charge in [-0.25, -0.2) is 9.97 Å². The summed E-state index contributed by atoms with van der Waals surface area (Å²) < 4.78 is 5.80. The van der Waals surface area contributed by atoms with Crippen LogP contribution in [0.1, 0.15) is 43.1 Å². The fraction of sp³-hybridized carbons (Fsp3) is 0.714. The van der Waals surface area contributed by atoms with Gasteiger partial charge in [0.05, 0.1) is 6.61 Å². The summed E-state index contributed by atoms with van der Waals surface area (Å²) in [5, 5.41) is 3.22. The number of morpholine rings is 1. The second-order valence-corrected chi connectivity index (χ2v) is 5.03. The lowest BCUT2D eigenvalue weighted by Crippen LogP contribution is -2.38. The maximum absolute atomic E-state index is 5.80. The Hall–Kier alpha value is -1.04. The third kappa shape index (κ3) is 3.29. The van der Waals surface area contributed by atoms with Crippen molar-refractivity contribution in [2.24, 2.45) is 0 Å². The van der Waals surface area contributed by atoms with Crippen molar-refractivity contribution in [2.75, 3.05) is 33.3 Å². The first-order valence-electron chi connectivity index (χ1n) is 7.00. The van der Waals surface area contributed by atoms with Gasteiger partial charge < -0.3 is 10.1 Å². The Morgan fingerprint density at radius 1 is 1.58 bits per heavy atom. The summed E-state index contributed by atoms with van der Waals surface area (Å²) in [6, 6.07) is 0.272. The van der Waals surface area contributed by atoms with E-state index < -0.39 is 0 Å². The van der Waals surface area contributed by atoms with E-state index >= 15 is 0 Å². The van der Waals surface area contributed by atoms with Crippen molar-refractivity contribution in [3.8, 4) is 0 Å². The van der Waals surface area contributed by atoms with Gasteiger partial charge in [-0.3, -0.25) is 4.90 Å². The minimum absolute atomic E-state index is 0.00587. The maximum Gasteiger partial charge on any atom is 0.158 e. The van der Waals surface area contributed by atoms with Crippen LogP contribution in [0.15, 0.2) is 6.20 Å². The Bertz CT molecular complexity index is 424. The lowest BCUT2D eigenvalue weighted by molar-refractivity contribution is -0.0326. The predicted octanol–water partition coefficient (Wildman–Crippen LogP) is 1.46. The van der Waals surface area contributed by atoms with Crippen molar-refractivity contribution in [2.45, 2.75) is 32.9 Å². The van der Waals surface area contributed by atoms with Gasteiger partial charge in [0.2, 0.25) is 0 Å². The molecule has 1 aliphatic heterocycles. The summed E-state index contributed by atoms with van der Waals surface area (Å²) in [6.07, 6.45) is 1.93. The number of likely N-dealkylation sites (N-methyl/N-ethyl adjacent to an activating group) is 1. The number of rotatable bonds is 4. The van der Waals surface area contributed by atoms with Crippen LogP contribution >= 0.6 is 0 Å². The highest BCUT2D eigenvalue weighted by Crippen LogP contribution is 2.21. The van der Waals surface area contributed by atoms with Crippen LogP contribution in [0.4, 0.5) is 0 Å². The molecule has 1 saturated heterocycles. The maximum atomic E-state index is 5.80. The fourth-order valence-corrected chi connectivity index (χ4v) is 2.38. The van der Waals surface area contributed by atoms with Crippen molar-refractivity contribution < 1.29 is 4.74 Å². The summed E-state index contributed by atoms with van der Waals surface area (Å²) >= 11 is 0. The fourth-order valence-electron chi connectivity index (χ4n) is 2.38. The molecule has 5 nitrogen and oxygen atoms in total.